The third kappa shape index (κ3) is 2.12. The fourth-order valence-corrected chi connectivity index (χ4v) is 2.21. The minimum absolute atomic E-state index is 0.201. The van der Waals surface area contributed by atoms with Crippen LogP contribution >= 0.6 is 23.2 Å². The Balaban J connectivity index is 2.61. The van der Waals surface area contributed by atoms with Gasteiger partial charge in [-0.1, -0.05) is 30.1 Å². The summed E-state index contributed by atoms with van der Waals surface area (Å²) in [5.41, 5.74) is 2.34. The summed E-state index contributed by atoms with van der Waals surface area (Å²) in [6.07, 6.45) is 0.949. The van der Waals surface area contributed by atoms with Crippen LogP contribution in [0.25, 0.3) is 5.65 Å². The molecule has 17 heavy (non-hydrogen) atoms. The van der Waals surface area contributed by atoms with E-state index in [9.17, 15) is 0 Å². The van der Waals surface area contributed by atoms with Gasteiger partial charge in [-0.15, -0.1) is 0 Å². The third-order valence-corrected chi connectivity index (χ3v) is 3.65. The van der Waals surface area contributed by atoms with E-state index >= 15 is 0 Å². The van der Waals surface area contributed by atoms with E-state index < -0.39 is 0 Å². The maximum absolute atomic E-state index is 6.19. The van der Waals surface area contributed by atoms with Gasteiger partial charge in [-0.3, -0.25) is 0 Å². The van der Waals surface area contributed by atoms with Crippen molar-refractivity contribution < 1.29 is 0 Å². The van der Waals surface area contributed by atoms with Crippen LogP contribution in [0.3, 0.4) is 0 Å². The van der Waals surface area contributed by atoms with Gasteiger partial charge >= 0.3 is 0 Å². The van der Waals surface area contributed by atoms with Gasteiger partial charge in [0.15, 0.2) is 5.65 Å². The van der Waals surface area contributed by atoms with E-state index in [4.69, 9.17) is 23.2 Å². The molecule has 2 aromatic rings. The molecule has 0 amide bonds. The Morgan fingerprint density at radius 3 is 2.76 bits per heavy atom. The second kappa shape index (κ2) is 4.80. The lowest BCUT2D eigenvalue weighted by atomic mass is 10.1. The molecule has 1 unspecified atom stereocenters. The molecule has 0 saturated heterocycles. The summed E-state index contributed by atoms with van der Waals surface area (Å²) in [6.45, 7) is 3.92. The van der Waals surface area contributed by atoms with Crippen LogP contribution in [0.1, 0.15) is 30.6 Å². The highest BCUT2D eigenvalue weighted by Crippen LogP contribution is 2.25. The zero-order chi connectivity index (χ0) is 12.6. The van der Waals surface area contributed by atoms with Crippen molar-refractivity contribution in [2.24, 2.45) is 0 Å². The molecule has 2 rings (SSSR count). The number of nitrogens with zero attached hydrogens (tertiary/aromatic N) is 3. The van der Waals surface area contributed by atoms with Gasteiger partial charge in [-0.25, -0.2) is 9.50 Å². The van der Waals surface area contributed by atoms with E-state index in [-0.39, 0.29) is 6.04 Å². The standard InChI is InChI=1S/C11H14Cl2N4/c1-4-7(14-3)8-5-9-15-10(12)6(2)11(13)17(9)16-8/h5,7,14H,4H2,1-3H3. The molecule has 1 atom stereocenters. The maximum Gasteiger partial charge on any atom is 0.158 e. The second-order valence-electron chi connectivity index (χ2n) is 3.91. The van der Waals surface area contributed by atoms with Crippen molar-refractivity contribution in [2.45, 2.75) is 26.3 Å². The first-order chi connectivity index (χ1) is 8.08. The van der Waals surface area contributed by atoms with E-state index in [0.29, 0.717) is 16.0 Å². The average Bonchev–Trinajstić information content (AvgIpc) is 2.72. The fraction of sp³-hybridized carbons (Fsp3) is 0.455. The molecule has 0 spiro atoms. The molecule has 0 fully saturated rings. The van der Waals surface area contributed by atoms with Crippen LogP contribution in [-0.2, 0) is 0 Å². The van der Waals surface area contributed by atoms with Gasteiger partial charge in [0.05, 0.1) is 11.7 Å². The lowest BCUT2D eigenvalue weighted by Crippen LogP contribution is -2.15. The summed E-state index contributed by atoms with van der Waals surface area (Å²) < 4.78 is 1.62. The van der Waals surface area contributed by atoms with Crippen molar-refractivity contribution in [2.75, 3.05) is 7.05 Å². The Hall–Kier alpha value is -0.840. The predicted molar refractivity (Wildman–Crippen MR) is 69.8 cm³/mol. The minimum atomic E-state index is 0.201. The number of aromatic nitrogens is 3. The SMILES string of the molecule is CCC(NC)c1cc2nc(Cl)c(C)c(Cl)n2n1. The lowest BCUT2D eigenvalue weighted by Gasteiger charge is -2.09. The van der Waals surface area contributed by atoms with Crippen LogP contribution in [0, 0.1) is 6.92 Å². The van der Waals surface area contributed by atoms with E-state index in [1.807, 2.05) is 20.0 Å². The minimum Gasteiger partial charge on any atom is -0.312 e. The van der Waals surface area contributed by atoms with Gasteiger partial charge in [0, 0.05) is 11.6 Å². The van der Waals surface area contributed by atoms with Gasteiger partial charge in [0.1, 0.15) is 10.3 Å². The van der Waals surface area contributed by atoms with Gasteiger partial charge in [0.2, 0.25) is 0 Å². The number of hydrogen-bond acceptors (Lipinski definition) is 3. The molecular weight excluding hydrogens is 259 g/mol. The van der Waals surface area contributed by atoms with Gasteiger partial charge in [0.25, 0.3) is 0 Å². The Labute approximate surface area is 110 Å². The monoisotopic (exact) mass is 272 g/mol. The van der Waals surface area contributed by atoms with Crippen LogP contribution < -0.4 is 5.32 Å². The molecule has 1 N–H and O–H groups in total. The van der Waals surface area contributed by atoms with Crippen molar-refractivity contribution >= 4 is 28.8 Å². The molecule has 92 valence electrons. The molecule has 6 heteroatoms. The first-order valence-corrected chi connectivity index (χ1v) is 6.22. The highest BCUT2D eigenvalue weighted by molar-refractivity contribution is 6.34. The van der Waals surface area contributed by atoms with E-state index in [1.54, 1.807) is 4.52 Å². The van der Waals surface area contributed by atoms with Crippen molar-refractivity contribution in [1.29, 1.82) is 0 Å². The lowest BCUT2D eigenvalue weighted by molar-refractivity contribution is 0.557. The number of hydrogen-bond donors (Lipinski definition) is 1. The quantitative estimate of drug-likeness (QED) is 0.874. The summed E-state index contributed by atoms with van der Waals surface area (Å²) in [7, 11) is 1.91. The highest BCUT2D eigenvalue weighted by atomic mass is 35.5. The van der Waals surface area contributed by atoms with Gasteiger partial charge in [-0.05, 0) is 20.4 Å². The molecule has 0 aliphatic rings. The first-order valence-electron chi connectivity index (χ1n) is 5.47. The topological polar surface area (TPSA) is 42.2 Å². The summed E-state index contributed by atoms with van der Waals surface area (Å²) in [4.78, 5) is 4.26. The number of fused-ring (bicyclic) bond motifs is 1. The van der Waals surface area contributed by atoms with E-state index in [1.165, 1.54) is 0 Å². The van der Waals surface area contributed by atoms with Crippen LogP contribution in [-0.4, -0.2) is 21.6 Å². The van der Waals surface area contributed by atoms with Crippen molar-refractivity contribution in [3.05, 3.63) is 27.6 Å². The van der Waals surface area contributed by atoms with Crippen molar-refractivity contribution in [3.8, 4) is 0 Å². The average molecular weight is 273 g/mol. The van der Waals surface area contributed by atoms with Crippen molar-refractivity contribution in [1.82, 2.24) is 19.9 Å². The van der Waals surface area contributed by atoms with E-state index in [0.717, 1.165) is 17.7 Å². The predicted octanol–water partition coefficient (Wildman–Crippen LogP) is 3.02. The molecule has 0 saturated carbocycles. The first kappa shape index (κ1) is 12.6. The fourth-order valence-electron chi connectivity index (χ4n) is 1.77. The molecule has 4 nitrogen and oxygen atoms in total. The van der Waals surface area contributed by atoms with Crippen LogP contribution in [0.2, 0.25) is 10.3 Å². The molecule has 0 aliphatic carbocycles. The Morgan fingerprint density at radius 1 is 1.47 bits per heavy atom. The summed E-state index contributed by atoms with van der Waals surface area (Å²) in [6, 6.07) is 2.11. The van der Waals surface area contributed by atoms with Gasteiger partial charge < -0.3 is 5.32 Å². The number of rotatable bonds is 3. The summed E-state index contributed by atoms with van der Waals surface area (Å²) in [5.74, 6) is 0. The Kier molecular flexibility index (Phi) is 3.56. The molecule has 0 aromatic carbocycles. The summed E-state index contributed by atoms with van der Waals surface area (Å²) in [5, 5.41) is 8.59. The van der Waals surface area contributed by atoms with Crippen LogP contribution in [0.4, 0.5) is 0 Å². The highest BCUT2D eigenvalue weighted by Gasteiger charge is 2.15. The van der Waals surface area contributed by atoms with Crippen molar-refractivity contribution in [3.63, 3.8) is 0 Å². The number of halogens is 2. The molecule has 0 aliphatic heterocycles. The summed E-state index contributed by atoms with van der Waals surface area (Å²) >= 11 is 12.2. The van der Waals surface area contributed by atoms with Crippen LogP contribution in [0.5, 0.6) is 0 Å². The second-order valence-corrected chi connectivity index (χ2v) is 4.62. The van der Waals surface area contributed by atoms with Crippen LogP contribution in [0.15, 0.2) is 6.07 Å². The zero-order valence-electron chi connectivity index (χ0n) is 9.96. The molecular formula is C11H14Cl2N4. The molecule has 2 heterocycles. The normalized spacial score (nSPS) is 13.2. The Bertz CT molecular complexity index is 546. The third-order valence-electron chi connectivity index (χ3n) is 2.84. The van der Waals surface area contributed by atoms with Gasteiger partial charge in [-0.2, -0.15) is 5.10 Å². The van der Waals surface area contributed by atoms with E-state index in [2.05, 4.69) is 22.3 Å². The largest absolute Gasteiger partial charge is 0.312 e. The molecule has 2 aromatic heterocycles. The zero-order valence-corrected chi connectivity index (χ0v) is 11.5. The molecule has 0 bridgehead atoms. The molecule has 0 radical (unpaired) electrons. The number of nitrogens with one attached hydrogen (secondary N) is 1. The Morgan fingerprint density at radius 2 is 2.18 bits per heavy atom. The maximum atomic E-state index is 6.19. The smallest absolute Gasteiger partial charge is 0.158 e.